The molecule has 0 amide bonds. The van der Waals surface area contributed by atoms with Crippen LogP contribution in [-0.2, 0) is 11.3 Å². The van der Waals surface area contributed by atoms with Gasteiger partial charge >= 0.3 is 0 Å². The zero-order valence-electron chi connectivity index (χ0n) is 17.2. The molecule has 156 valence electrons. The molecule has 5 aliphatic rings. The molecule has 1 N–H and O–H groups in total. The average Bonchev–Trinajstić information content (AvgIpc) is 3.01. The summed E-state index contributed by atoms with van der Waals surface area (Å²) in [7, 11) is 0. The Kier molecular flexibility index (Phi) is 3.80. The van der Waals surface area contributed by atoms with Crippen molar-refractivity contribution in [2.45, 2.75) is 70.4 Å². The van der Waals surface area contributed by atoms with Crippen molar-refractivity contribution in [1.29, 1.82) is 0 Å². The summed E-state index contributed by atoms with van der Waals surface area (Å²) in [6, 6.07) is 1.86. The summed E-state index contributed by atoms with van der Waals surface area (Å²) in [5.74, 6) is 2.26. The zero-order valence-corrected chi connectivity index (χ0v) is 17.2. The van der Waals surface area contributed by atoms with Gasteiger partial charge in [-0.15, -0.1) is 0 Å². The summed E-state index contributed by atoms with van der Waals surface area (Å²) in [5.41, 5.74) is 0.405. The maximum atomic E-state index is 15.3. The normalized spacial score (nSPS) is 47.8. The fraction of sp³-hybridized carbons (Fsp3) is 0.750. The highest BCUT2D eigenvalue weighted by atomic mass is 19.1. The van der Waals surface area contributed by atoms with E-state index in [2.05, 4.69) is 12.0 Å². The smallest absolute Gasteiger partial charge is 0.157 e. The van der Waals surface area contributed by atoms with Crippen LogP contribution in [0.25, 0.3) is 0 Å². The molecule has 1 aromatic rings. The highest BCUT2D eigenvalue weighted by Gasteiger charge is 2.64. The molecule has 4 saturated carbocycles. The SMILES string of the molecule is C[C@]12CC[C@H]3[C@@H](CC(F)=C4C5C[C@@]5(O)CC[C@@H]43)[C@@H]1CC[C@@H]2C(=O)Cn1cccn1. The van der Waals surface area contributed by atoms with Gasteiger partial charge in [0.15, 0.2) is 5.78 Å². The zero-order chi connectivity index (χ0) is 20.0. The number of ketones is 1. The minimum absolute atomic E-state index is 0.00182. The number of halogens is 1. The topological polar surface area (TPSA) is 55.1 Å². The Morgan fingerprint density at radius 1 is 1.28 bits per heavy atom. The number of carbonyl (C=O) groups excluding carboxylic acids is 1. The predicted octanol–water partition coefficient (Wildman–Crippen LogP) is 4.30. The van der Waals surface area contributed by atoms with E-state index in [-0.39, 0.29) is 23.1 Å². The van der Waals surface area contributed by atoms with Crippen molar-refractivity contribution >= 4 is 5.78 Å². The van der Waals surface area contributed by atoms with Gasteiger partial charge in [-0.1, -0.05) is 6.92 Å². The molecule has 0 aromatic carbocycles. The second-order valence-electron chi connectivity index (χ2n) is 10.8. The number of hydrogen-bond donors (Lipinski definition) is 1. The molecule has 0 aliphatic heterocycles. The molecule has 29 heavy (non-hydrogen) atoms. The molecular formula is C24H31FN2O2. The Balaban J connectivity index is 1.26. The summed E-state index contributed by atoms with van der Waals surface area (Å²) in [4.78, 5) is 13.1. The first-order valence-electron chi connectivity index (χ1n) is 11.5. The van der Waals surface area contributed by atoms with Crippen molar-refractivity contribution in [3.8, 4) is 0 Å². The Morgan fingerprint density at radius 3 is 2.93 bits per heavy atom. The van der Waals surface area contributed by atoms with Gasteiger partial charge in [-0.25, -0.2) is 4.39 Å². The maximum Gasteiger partial charge on any atom is 0.157 e. The van der Waals surface area contributed by atoms with Gasteiger partial charge in [0.1, 0.15) is 5.83 Å². The number of Topliss-reactive ketones (excluding diaryl/α,β-unsaturated/α-hetero) is 1. The second kappa shape index (κ2) is 6.03. The number of allylic oxidation sites excluding steroid dienone is 1. The van der Waals surface area contributed by atoms with E-state index in [1.165, 1.54) is 0 Å². The van der Waals surface area contributed by atoms with Gasteiger partial charge in [-0.05, 0) is 85.7 Å². The molecule has 0 spiro atoms. The van der Waals surface area contributed by atoms with Crippen LogP contribution in [0.2, 0.25) is 0 Å². The van der Waals surface area contributed by atoms with E-state index in [9.17, 15) is 9.90 Å². The molecule has 0 saturated heterocycles. The van der Waals surface area contributed by atoms with Gasteiger partial charge in [0.05, 0.1) is 12.1 Å². The van der Waals surface area contributed by atoms with E-state index in [0.29, 0.717) is 42.4 Å². The third kappa shape index (κ3) is 2.52. The van der Waals surface area contributed by atoms with E-state index in [0.717, 1.165) is 50.5 Å². The van der Waals surface area contributed by atoms with Gasteiger partial charge in [0.2, 0.25) is 0 Å². The monoisotopic (exact) mass is 398 g/mol. The van der Waals surface area contributed by atoms with Crippen molar-refractivity contribution in [3.05, 3.63) is 29.9 Å². The highest BCUT2D eigenvalue weighted by molar-refractivity contribution is 5.82. The minimum atomic E-state index is -0.587. The number of hydrogen-bond acceptors (Lipinski definition) is 3. The quantitative estimate of drug-likeness (QED) is 0.826. The lowest BCUT2D eigenvalue weighted by Crippen LogP contribution is -2.48. The van der Waals surface area contributed by atoms with Crippen molar-refractivity contribution < 1.29 is 14.3 Å². The first kappa shape index (κ1) is 18.3. The summed E-state index contributed by atoms with van der Waals surface area (Å²) < 4.78 is 17.1. The van der Waals surface area contributed by atoms with E-state index in [1.54, 1.807) is 10.9 Å². The lowest BCUT2D eigenvalue weighted by molar-refractivity contribution is -0.129. The van der Waals surface area contributed by atoms with Gasteiger partial charge in [0.25, 0.3) is 0 Å². The molecule has 5 heteroatoms. The minimum Gasteiger partial charge on any atom is -0.389 e. The van der Waals surface area contributed by atoms with Gasteiger partial charge in [-0.3, -0.25) is 9.48 Å². The number of carbonyl (C=O) groups is 1. The summed E-state index contributed by atoms with van der Waals surface area (Å²) in [6.07, 6.45) is 10.9. The first-order chi connectivity index (χ1) is 13.9. The Hall–Kier alpha value is -1.49. The number of rotatable bonds is 3. The van der Waals surface area contributed by atoms with Crippen molar-refractivity contribution in [3.63, 3.8) is 0 Å². The van der Waals surface area contributed by atoms with E-state index in [1.807, 2.05) is 12.3 Å². The van der Waals surface area contributed by atoms with Crippen LogP contribution in [0.3, 0.4) is 0 Å². The second-order valence-corrected chi connectivity index (χ2v) is 10.8. The Bertz CT molecular complexity index is 879. The molecule has 6 rings (SSSR count). The summed E-state index contributed by atoms with van der Waals surface area (Å²) >= 11 is 0. The molecule has 0 bridgehead atoms. The molecule has 1 aromatic heterocycles. The number of nitrogens with zero attached hydrogens (tertiary/aromatic N) is 2. The summed E-state index contributed by atoms with van der Waals surface area (Å²) in [6.45, 7) is 2.67. The Labute approximate surface area is 171 Å². The van der Waals surface area contributed by atoms with Crippen LogP contribution in [0.1, 0.15) is 58.3 Å². The van der Waals surface area contributed by atoms with Crippen molar-refractivity contribution in [2.75, 3.05) is 0 Å². The van der Waals surface area contributed by atoms with Crippen molar-refractivity contribution in [1.82, 2.24) is 9.78 Å². The largest absolute Gasteiger partial charge is 0.389 e. The van der Waals surface area contributed by atoms with Gasteiger partial charge < -0.3 is 5.11 Å². The number of aliphatic hydroxyl groups is 1. The molecule has 0 radical (unpaired) electrons. The lowest BCUT2D eigenvalue weighted by Gasteiger charge is -2.53. The number of aromatic nitrogens is 2. The van der Waals surface area contributed by atoms with Gasteiger partial charge in [0, 0.05) is 30.7 Å². The highest BCUT2D eigenvalue weighted by Crippen LogP contribution is 2.68. The molecule has 4 fully saturated rings. The van der Waals surface area contributed by atoms with Crippen LogP contribution in [0.4, 0.5) is 4.39 Å². The number of fused-ring (bicyclic) bond motifs is 7. The van der Waals surface area contributed by atoms with Crippen LogP contribution in [0.5, 0.6) is 0 Å². The third-order valence-corrected chi connectivity index (χ3v) is 9.71. The fourth-order valence-electron chi connectivity index (χ4n) is 8.25. The van der Waals surface area contributed by atoms with E-state index < -0.39 is 5.60 Å². The molecule has 4 nitrogen and oxygen atoms in total. The average molecular weight is 399 g/mol. The Morgan fingerprint density at radius 2 is 2.14 bits per heavy atom. The van der Waals surface area contributed by atoms with E-state index in [4.69, 9.17) is 0 Å². The van der Waals surface area contributed by atoms with Crippen LogP contribution >= 0.6 is 0 Å². The third-order valence-electron chi connectivity index (χ3n) is 9.71. The van der Waals surface area contributed by atoms with Crippen molar-refractivity contribution in [2.24, 2.45) is 40.9 Å². The molecule has 1 heterocycles. The first-order valence-corrected chi connectivity index (χ1v) is 11.5. The molecule has 8 atom stereocenters. The van der Waals surface area contributed by atoms with Gasteiger partial charge in [-0.2, -0.15) is 5.10 Å². The molecular weight excluding hydrogens is 367 g/mol. The standard InChI is InChI=1S/C24H31FN2O2/c1-23-7-5-14-15-6-8-24(29)12-19(24)22(15)20(25)11-16(14)17(23)3-4-18(23)21(28)13-27-10-2-9-26-27/h2,9-10,14-19,29H,3-8,11-13H2,1H3/t14-,15-,16-,17+,18-,19?,23+,24+/m1/s1. The molecule has 5 aliphatic carbocycles. The van der Waals surface area contributed by atoms with Crippen LogP contribution in [0, 0.1) is 40.9 Å². The van der Waals surface area contributed by atoms with Crippen LogP contribution < -0.4 is 0 Å². The van der Waals surface area contributed by atoms with Crippen LogP contribution in [0.15, 0.2) is 29.9 Å². The summed E-state index contributed by atoms with van der Waals surface area (Å²) in [5, 5.41) is 14.8. The predicted molar refractivity (Wildman–Crippen MR) is 106 cm³/mol. The van der Waals surface area contributed by atoms with E-state index >= 15 is 4.39 Å². The maximum absolute atomic E-state index is 15.3. The molecule has 1 unspecified atom stereocenters. The lowest BCUT2D eigenvalue weighted by atomic mass is 9.51. The fourth-order valence-corrected chi connectivity index (χ4v) is 8.25. The van der Waals surface area contributed by atoms with Crippen LogP contribution in [-0.4, -0.2) is 26.3 Å².